The van der Waals surface area contributed by atoms with Gasteiger partial charge < -0.3 is 20.1 Å². The van der Waals surface area contributed by atoms with Gasteiger partial charge in [-0.2, -0.15) is 0 Å². The summed E-state index contributed by atoms with van der Waals surface area (Å²) in [5.74, 6) is 0.474. The highest BCUT2D eigenvalue weighted by molar-refractivity contribution is 6.30. The number of halogens is 1. The first-order valence-electron chi connectivity index (χ1n) is 11.9. The predicted molar refractivity (Wildman–Crippen MR) is 130 cm³/mol. The number of nitrogens with zero attached hydrogens (tertiary/aromatic N) is 1. The van der Waals surface area contributed by atoms with E-state index in [0.29, 0.717) is 37.3 Å². The molecule has 2 amide bonds. The number of hydrogen-bond acceptors (Lipinski definition) is 5. The molecule has 2 heterocycles. The van der Waals surface area contributed by atoms with Crippen molar-refractivity contribution < 1.29 is 19.1 Å². The smallest absolute Gasteiger partial charge is 0.231 e. The van der Waals surface area contributed by atoms with Crippen LogP contribution in [0.2, 0.25) is 5.02 Å². The van der Waals surface area contributed by atoms with E-state index >= 15 is 0 Å². The van der Waals surface area contributed by atoms with E-state index in [1.165, 1.54) is 4.90 Å². The number of carbonyl (C=O) groups is 2. The average Bonchev–Trinajstić information content (AvgIpc) is 3.50. The maximum atomic E-state index is 13.3. The molecule has 9 heteroatoms. The summed E-state index contributed by atoms with van der Waals surface area (Å²) >= 11 is 6.23. The summed E-state index contributed by atoms with van der Waals surface area (Å²) < 4.78 is 11.4. The maximum absolute atomic E-state index is 13.3. The summed E-state index contributed by atoms with van der Waals surface area (Å²) in [5.41, 5.74) is 0.00499. The molecule has 186 valence electrons. The molecule has 2 fully saturated rings. The molecule has 1 aliphatic carbocycles. The first-order valence-corrected chi connectivity index (χ1v) is 12.3. The van der Waals surface area contributed by atoms with Gasteiger partial charge in [-0.3, -0.25) is 19.9 Å². The minimum Gasteiger partial charge on any atom is -0.487 e. The summed E-state index contributed by atoms with van der Waals surface area (Å²) in [6, 6.07) is 5.02. The lowest BCUT2D eigenvalue weighted by Gasteiger charge is -2.42. The van der Waals surface area contributed by atoms with Crippen LogP contribution in [0.4, 0.5) is 0 Å². The Morgan fingerprint density at radius 3 is 2.79 bits per heavy atom. The summed E-state index contributed by atoms with van der Waals surface area (Å²) in [6.45, 7) is 8.29. The van der Waals surface area contributed by atoms with Crippen LogP contribution in [0.3, 0.4) is 0 Å². The molecule has 0 spiro atoms. The van der Waals surface area contributed by atoms with Crippen molar-refractivity contribution in [3.63, 3.8) is 0 Å². The second kappa shape index (κ2) is 9.04. The molecule has 1 aromatic rings. The van der Waals surface area contributed by atoms with E-state index in [2.05, 4.69) is 10.6 Å². The summed E-state index contributed by atoms with van der Waals surface area (Å²) in [6.07, 6.45) is 2.18. The molecule has 0 radical (unpaired) electrons. The number of guanidine groups is 1. The first kappa shape index (κ1) is 24.8. The second-order valence-corrected chi connectivity index (χ2v) is 11.4. The number of rotatable bonds is 7. The minimum atomic E-state index is -0.457. The Balaban J connectivity index is 1.49. The maximum Gasteiger partial charge on any atom is 0.231 e. The van der Waals surface area contributed by atoms with Gasteiger partial charge >= 0.3 is 0 Å². The van der Waals surface area contributed by atoms with E-state index in [9.17, 15) is 9.59 Å². The fourth-order valence-electron chi connectivity index (χ4n) is 5.31. The quantitative estimate of drug-likeness (QED) is 0.541. The third-order valence-corrected chi connectivity index (χ3v) is 7.16. The largest absolute Gasteiger partial charge is 0.487 e. The Bertz CT molecular complexity index is 975. The number of hydrogen-bond donors (Lipinski definition) is 3. The van der Waals surface area contributed by atoms with Gasteiger partial charge in [0, 0.05) is 54.6 Å². The molecular formula is C25H35ClN4O4. The van der Waals surface area contributed by atoms with E-state index in [4.69, 9.17) is 26.5 Å². The van der Waals surface area contributed by atoms with Crippen LogP contribution in [0.1, 0.15) is 65.0 Å². The van der Waals surface area contributed by atoms with Crippen LogP contribution in [0, 0.1) is 17.2 Å². The highest BCUT2D eigenvalue weighted by Crippen LogP contribution is 2.47. The Labute approximate surface area is 206 Å². The van der Waals surface area contributed by atoms with Gasteiger partial charge in [0.2, 0.25) is 11.8 Å². The second-order valence-electron chi connectivity index (χ2n) is 11.0. The standard InChI is InChI=1S/C25H35ClN4O4/c1-24(2)13-21(31)30(23(27)29-24)19(8-9-33-5)15-11-16(15)22(32)28-18-12-25(3,4)34-20-7-6-14(26)10-17(18)20/h6-7,10,15-16,18-19H,8-9,11-13H2,1-5H3,(H2,27,29)(H,28,32)/t15-,16-,18+,19-/m1/s1. The Hall–Kier alpha value is -2.32. The number of amides is 2. The van der Waals surface area contributed by atoms with E-state index < -0.39 is 11.1 Å². The van der Waals surface area contributed by atoms with Crippen molar-refractivity contribution in [3.05, 3.63) is 28.8 Å². The third-order valence-electron chi connectivity index (χ3n) is 6.93. The molecule has 8 nitrogen and oxygen atoms in total. The zero-order valence-electron chi connectivity index (χ0n) is 20.5. The van der Waals surface area contributed by atoms with Gasteiger partial charge in [0.05, 0.1) is 6.04 Å². The van der Waals surface area contributed by atoms with E-state index in [0.717, 1.165) is 11.3 Å². The monoisotopic (exact) mass is 490 g/mol. The fourth-order valence-corrected chi connectivity index (χ4v) is 5.49. The molecule has 34 heavy (non-hydrogen) atoms. The van der Waals surface area contributed by atoms with E-state index in [1.807, 2.05) is 39.8 Å². The van der Waals surface area contributed by atoms with Crippen molar-refractivity contribution in [2.24, 2.45) is 11.8 Å². The number of nitrogens with one attached hydrogen (secondary N) is 3. The zero-order chi connectivity index (χ0) is 24.8. The number of benzene rings is 1. The van der Waals surface area contributed by atoms with Gasteiger partial charge in [0.1, 0.15) is 11.4 Å². The highest BCUT2D eigenvalue weighted by Gasteiger charge is 2.53. The molecule has 1 saturated carbocycles. The summed E-state index contributed by atoms with van der Waals surface area (Å²) in [5, 5.41) is 15.4. The molecule has 0 aromatic heterocycles. The number of ether oxygens (including phenoxy) is 2. The van der Waals surface area contributed by atoms with Gasteiger partial charge in [0.25, 0.3) is 0 Å². The van der Waals surface area contributed by atoms with Crippen LogP contribution in [0.5, 0.6) is 5.75 Å². The lowest BCUT2D eigenvalue weighted by Crippen LogP contribution is -2.63. The highest BCUT2D eigenvalue weighted by atomic mass is 35.5. The van der Waals surface area contributed by atoms with E-state index in [-0.39, 0.29) is 41.7 Å². The molecular weight excluding hydrogens is 456 g/mol. The minimum absolute atomic E-state index is 0.0193. The molecule has 3 N–H and O–H groups in total. The van der Waals surface area contributed by atoms with Crippen molar-refractivity contribution in [2.45, 2.75) is 76.6 Å². The van der Waals surface area contributed by atoms with Crippen LogP contribution in [-0.2, 0) is 14.3 Å². The number of fused-ring (bicyclic) bond motifs is 1. The molecule has 4 atom stereocenters. The van der Waals surface area contributed by atoms with Gasteiger partial charge in [-0.15, -0.1) is 0 Å². The zero-order valence-corrected chi connectivity index (χ0v) is 21.3. The number of carbonyl (C=O) groups excluding carboxylic acids is 2. The molecule has 0 bridgehead atoms. The first-order chi connectivity index (χ1) is 15.9. The van der Waals surface area contributed by atoms with Crippen molar-refractivity contribution in [2.75, 3.05) is 13.7 Å². The molecule has 1 saturated heterocycles. The van der Waals surface area contributed by atoms with Crippen molar-refractivity contribution >= 4 is 29.4 Å². The molecule has 3 aliphatic rings. The average molecular weight is 491 g/mol. The van der Waals surface area contributed by atoms with Crippen LogP contribution >= 0.6 is 11.6 Å². The van der Waals surface area contributed by atoms with Crippen molar-refractivity contribution in [1.82, 2.24) is 15.5 Å². The molecule has 2 aliphatic heterocycles. The molecule has 4 rings (SSSR count). The van der Waals surface area contributed by atoms with E-state index in [1.54, 1.807) is 13.2 Å². The lowest BCUT2D eigenvalue weighted by molar-refractivity contribution is -0.133. The van der Waals surface area contributed by atoms with Crippen LogP contribution in [-0.4, -0.2) is 53.6 Å². The van der Waals surface area contributed by atoms with Gasteiger partial charge in [-0.05, 0) is 64.7 Å². The topological polar surface area (TPSA) is 104 Å². The van der Waals surface area contributed by atoms with Crippen LogP contribution < -0.4 is 15.4 Å². The fraction of sp³-hybridized carbons (Fsp3) is 0.640. The normalized spacial score (nSPS) is 27.8. The summed E-state index contributed by atoms with van der Waals surface area (Å²) in [4.78, 5) is 27.8. The number of methoxy groups -OCH3 is 1. The van der Waals surface area contributed by atoms with Crippen molar-refractivity contribution in [1.29, 1.82) is 5.41 Å². The van der Waals surface area contributed by atoms with Crippen LogP contribution in [0.15, 0.2) is 18.2 Å². The third kappa shape index (κ3) is 5.18. The Morgan fingerprint density at radius 1 is 1.38 bits per heavy atom. The molecule has 1 aromatic carbocycles. The Morgan fingerprint density at radius 2 is 2.12 bits per heavy atom. The van der Waals surface area contributed by atoms with Crippen molar-refractivity contribution in [3.8, 4) is 5.75 Å². The van der Waals surface area contributed by atoms with Gasteiger partial charge in [-0.1, -0.05) is 11.6 Å². The predicted octanol–water partition coefficient (Wildman–Crippen LogP) is 3.63. The molecule has 0 unspecified atom stereocenters. The SMILES string of the molecule is COCC[C@H]([C@@H]1C[C@H]1C(=O)N[C@H]1CC(C)(C)Oc2ccc(Cl)cc21)N1C(=N)NC(C)(C)CC1=O. The van der Waals surface area contributed by atoms with Gasteiger partial charge in [-0.25, -0.2) is 0 Å². The Kier molecular flexibility index (Phi) is 6.59. The summed E-state index contributed by atoms with van der Waals surface area (Å²) in [7, 11) is 1.62. The van der Waals surface area contributed by atoms with Gasteiger partial charge in [0.15, 0.2) is 5.96 Å². The van der Waals surface area contributed by atoms with Crippen LogP contribution in [0.25, 0.3) is 0 Å². The lowest BCUT2D eigenvalue weighted by atomic mass is 9.89.